The van der Waals surface area contributed by atoms with Crippen LogP contribution in [0.5, 0.6) is 0 Å². The summed E-state index contributed by atoms with van der Waals surface area (Å²) in [6, 6.07) is 0. The first-order valence-corrected chi connectivity index (χ1v) is 7.58. The number of aryl methyl sites for hydroxylation is 1. The molecule has 5 heteroatoms. The van der Waals surface area contributed by atoms with Gasteiger partial charge in [0, 0.05) is 32.2 Å². The molecule has 1 N–H and O–H groups in total. The Hall–Kier alpha value is -0.580. The van der Waals surface area contributed by atoms with Crippen LogP contribution in [0, 0.1) is 5.41 Å². The number of hydrogen-bond donors (Lipinski definition) is 1. The highest BCUT2D eigenvalue weighted by Crippen LogP contribution is 2.25. The van der Waals surface area contributed by atoms with Crippen LogP contribution in [0.1, 0.15) is 44.9 Å². The molecule has 0 unspecified atom stereocenters. The molecule has 1 aromatic rings. The van der Waals surface area contributed by atoms with Crippen LogP contribution in [-0.4, -0.2) is 41.9 Å². The molecule has 1 rings (SSSR count). The molecule has 0 aliphatic carbocycles. The Bertz CT molecular complexity index is 435. The van der Waals surface area contributed by atoms with E-state index in [2.05, 4.69) is 57.1 Å². The van der Waals surface area contributed by atoms with E-state index >= 15 is 0 Å². The highest BCUT2D eigenvalue weighted by atomic mass is 35.5. The number of nitrogens with zero attached hydrogens (tertiary/aromatic N) is 3. The van der Waals surface area contributed by atoms with Gasteiger partial charge in [0.15, 0.2) is 0 Å². The predicted molar refractivity (Wildman–Crippen MR) is 86.3 cm³/mol. The minimum Gasteiger partial charge on any atom is -0.312 e. The lowest BCUT2D eigenvalue weighted by atomic mass is 9.93. The second kappa shape index (κ2) is 6.92. The predicted octanol–water partition coefficient (Wildman–Crippen LogP) is 2.87. The Morgan fingerprint density at radius 2 is 1.95 bits per heavy atom. The Balaban J connectivity index is 2.67. The number of halogens is 1. The summed E-state index contributed by atoms with van der Waals surface area (Å²) < 4.78 is 1.76. The highest BCUT2D eigenvalue weighted by molar-refractivity contribution is 6.30. The zero-order chi connectivity index (χ0) is 15.5. The molecule has 0 atom stereocenters. The van der Waals surface area contributed by atoms with Crippen molar-refractivity contribution in [2.75, 3.05) is 27.2 Å². The van der Waals surface area contributed by atoms with Gasteiger partial charge in [-0.05, 0) is 25.4 Å². The monoisotopic (exact) mass is 300 g/mol. The summed E-state index contributed by atoms with van der Waals surface area (Å²) in [5, 5.41) is 8.78. The van der Waals surface area contributed by atoms with E-state index in [1.165, 1.54) is 0 Å². The summed E-state index contributed by atoms with van der Waals surface area (Å²) in [6.45, 7) is 11.6. The molecule has 0 saturated heterocycles. The SMILES string of the molecule is CC(C)c1nn(C)c(Cl)c1CNCC(C)(C)CN(C)C. The van der Waals surface area contributed by atoms with Gasteiger partial charge in [-0.3, -0.25) is 4.68 Å². The van der Waals surface area contributed by atoms with Gasteiger partial charge in [-0.25, -0.2) is 0 Å². The summed E-state index contributed by atoms with van der Waals surface area (Å²) in [5.74, 6) is 0.389. The first kappa shape index (κ1) is 17.5. The van der Waals surface area contributed by atoms with E-state index in [9.17, 15) is 0 Å². The van der Waals surface area contributed by atoms with Crippen molar-refractivity contribution in [1.82, 2.24) is 20.0 Å². The summed E-state index contributed by atoms with van der Waals surface area (Å²) in [5.41, 5.74) is 2.45. The maximum absolute atomic E-state index is 6.34. The van der Waals surface area contributed by atoms with Crippen molar-refractivity contribution >= 4 is 11.6 Å². The Kier molecular flexibility index (Phi) is 6.05. The van der Waals surface area contributed by atoms with Gasteiger partial charge in [0.25, 0.3) is 0 Å². The number of hydrogen-bond acceptors (Lipinski definition) is 3. The van der Waals surface area contributed by atoms with Gasteiger partial charge in [-0.15, -0.1) is 0 Å². The first-order chi connectivity index (χ1) is 9.14. The van der Waals surface area contributed by atoms with Crippen LogP contribution in [0.2, 0.25) is 5.15 Å². The van der Waals surface area contributed by atoms with Gasteiger partial charge < -0.3 is 10.2 Å². The third-order valence-electron chi connectivity index (χ3n) is 3.30. The number of nitrogens with one attached hydrogen (secondary N) is 1. The number of aromatic nitrogens is 2. The molecule has 1 aromatic heterocycles. The van der Waals surface area contributed by atoms with Crippen LogP contribution >= 0.6 is 11.6 Å². The molecule has 0 bridgehead atoms. The van der Waals surface area contributed by atoms with E-state index in [0.717, 1.165) is 36.0 Å². The average Bonchev–Trinajstić information content (AvgIpc) is 2.55. The summed E-state index contributed by atoms with van der Waals surface area (Å²) in [6.07, 6.45) is 0. The standard InChI is InChI=1S/C15H29ClN4/c1-11(2)13-12(14(16)20(7)18-13)8-17-9-15(3,4)10-19(5)6/h11,17H,8-10H2,1-7H3. The van der Waals surface area contributed by atoms with Crippen molar-refractivity contribution in [2.24, 2.45) is 12.5 Å². The molecule has 1 heterocycles. The van der Waals surface area contributed by atoms with Crippen LogP contribution in [-0.2, 0) is 13.6 Å². The van der Waals surface area contributed by atoms with Gasteiger partial charge in [0.05, 0.1) is 5.69 Å². The van der Waals surface area contributed by atoms with Crippen LogP contribution in [0.25, 0.3) is 0 Å². The smallest absolute Gasteiger partial charge is 0.131 e. The van der Waals surface area contributed by atoms with Crippen LogP contribution in [0.4, 0.5) is 0 Å². The molecule has 20 heavy (non-hydrogen) atoms. The van der Waals surface area contributed by atoms with Crippen LogP contribution in [0.15, 0.2) is 0 Å². The van der Waals surface area contributed by atoms with Gasteiger partial charge in [-0.2, -0.15) is 5.10 Å². The second-order valence-electron chi connectivity index (χ2n) is 6.94. The number of rotatable bonds is 7. The highest BCUT2D eigenvalue weighted by Gasteiger charge is 2.20. The molecule has 0 aliphatic rings. The van der Waals surface area contributed by atoms with E-state index in [-0.39, 0.29) is 5.41 Å². The van der Waals surface area contributed by atoms with Gasteiger partial charge in [-0.1, -0.05) is 39.3 Å². The maximum atomic E-state index is 6.34. The fraction of sp³-hybridized carbons (Fsp3) is 0.800. The summed E-state index contributed by atoms with van der Waals surface area (Å²) in [7, 11) is 6.11. The third-order valence-corrected chi connectivity index (χ3v) is 3.77. The zero-order valence-corrected chi connectivity index (χ0v) is 14.7. The van der Waals surface area contributed by atoms with Gasteiger partial charge in [0.1, 0.15) is 5.15 Å². The van der Waals surface area contributed by atoms with Crippen molar-refractivity contribution in [3.8, 4) is 0 Å². The third kappa shape index (κ3) is 4.76. The quantitative estimate of drug-likeness (QED) is 0.840. The Morgan fingerprint density at radius 3 is 2.45 bits per heavy atom. The largest absolute Gasteiger partial charge is 0.312 e. The topological polar surface area (TPSA) is 33.1 Å². The molecular formula is C15H29ClN4. The van der Waals surface area contributed by atoms with Crippen LogP contribution < -0.4 is 5.32 Å². The average molecular weight is 301 g/mol. The Labute approximate surface area is 128 Å². The molecule has 0 saturated carbocycles. The molecule has 116 valence electrons. The van der Waals surface area contributed by atoms with E-state index < -0.39 is 0 Å². The molecule has 4 nitrogen and oxygen atoms in total. The van der Waals surface area contributed by atoms with E-state index in [1.807, 2.05) is 7.05 Å². The fourth-order valence-electron chi connectivity index (χ4n) is 2.63. The van der Waals surface area contributed by atoms with Crippen molar-refractivity contribution < 1.29 is 0 Å². The Morgan fingerprint density at radius 1 is 1.35 bits per heavy atom. The van der Waals surface area contributed by atoms with E-state index in [4.69, 9.17) is 11.6 Å². The fourth-order valence-corrected chi connectivity index (χ4v) is 2.83. The van der Waals surface area contributed by atoms with E-state index in [1.54, 1.807) is 4.68 Å². The van der Waals surface area contributed by atoms with Crippen molar-refractivity contribution in [1.29, 1.82) is 0 Å². The van der Waals surface area contributed by atoms with Crippen molar-refractivity contribution in [3.63, 3.8) is 0 Å². The van der Waals surface area contributed by atoms with Crippen LogP contribution in [0.3, 0.4) is 0 Å². The summed E-state index contributed by atoms with van der Waals surface area (Å²) in [4.78, 5) is 2.22. The zero-order valence-electron chi connectivity index (χ0n) is 13.9. The molecule has 0 radical (unpaired) electrons. The molecule has 0 amide bonds. The molecule has 0 fully saturated rings. The normalized spacial score (nSPS) is 12.7. The minimum atomic E-state index is 0.232. The molecular weight excluding hydrogens is 272 g/mol. The van der Waals surface area contributed by atoms with Gasteiger partial charge in [0.2, 0.25) is 0 Å². The lowest BCUT2D eigenvalue weighted by molar-refractivity contribution is 0.232. The maximum Gasteiger partial charge on any atom is 0.131 e. The molecule has 0 aromatic carbocycles. The molecule has 0 aliphatic heterocycles. The first-order valence-electron chi connectivity index (χ1n) is 7.21. The van der Waals surface area contributed by atoms with E-state index in [0.29, 0.717) is 5.92 Å². The lowest BCUT2D eigenvalue weighted by Gasteiger charge is -2.28. The molecule has 0 spiro atoms. The second-order valence-corrected chi connectivity index (χ2v) is 7.30. The van der Waals surface area contributed by atoms with Gasteiger partial charge >= 0.3 is 0 Å². The lowest BCUT2D eigenvalue weighted by Crippen LogP contribution is -2.37. The minimum absolute atomic E-state index is 0.232. The van der Waals surface area contributed by atoms with Crippen molar-refractivity contribution in [2.45, 2.75) is 40.2 Å². The van der Waals surface area contributed by atoms with Crippen molar-refractivity contribution in [3.05, 3.63) is 16.4 Å². The summed E-state index contributed by atoms with van der Waals surface area (Å²) >= 11 is 6.34.